The van der Waals surface area contributed by atoms with Crippen molar-refractivity contribution in [3.8, 4) is 11.4 Å². The van der Waals surface area contributed by atoms with Crippen LogP contribution in [0.5, 0.6) is 5.75 Å². The van der Waals surface area contributed by atoms with Crippen LogP contribution < -0.4 is 15.6 Å². The van der Waals surface area contributed by atoms with Gasteiger partial charge in [0.15, 0.2) is 0 Å². The molecule has 0 aliphatic heterocycles. The Bertz CT molecular complexity index is 1030. The van der Waals surface area contributed by atoms with Crippen LogP contribution in [0.2, 0.25) is 5.15 Å². The molecule has 0 saturated carbocycles. The molecule has 0 radical (unpaired) electrons. The third-order valence-corrected chi connectivity index (χ3v) is 5.30. The Morgan fingerprint density at radius 2 is 1.97 bits per heavy atom. The molecule has 7 heteroatoms. The fourth-order valence-electron chi connectivity index (χ4n) is 3.38. The van der Waals surface area contributed by atoms with Crippen molar-refractivity contribution < 1.29 is 4.74 Å². The minimum atomic E-state index is -0.167. The molecule has 0 spiro atoms. The van der Waals surface area contributed by atoms with Gasteiger partial charge < -0.3 is 10.1 Å². The third-order valence-electron chi connectivity index (χ3n) is 5.09. The topological polar surface area (TPSA) is 69.0 Å². The molecule has 0 saturated heterocycles. The van der Waals surface area contributed by atoms with Crippen molar-refractivity contribution in [1.29, 1.82) is 0 Å². The summed E-state index contributed by atoms with van der Waals surface area (Å²) in [5, 5.41) is 4.18. The minimum Gasteiger partial charge on any atom is -0.490 e. The minimum absolute atomic E-state index is 0.159. The number of hydrogen-bond acceptors (Lipinski definition) is 5. The van der Waals surface area contributed by atoms with Gasteiger partial charge >= 0.3 is 0 Å². The highest BCUT2D eigenvalue weighted by Gasteiger charge is 2.12. The van der Waals surface area contributed by atoms with E-state index >= 15 is 0 Å². The molecule has 0 aliphatic carbocycles. The lowest BCUT2D eigenvalue weighted by molar-refractivity contribution is 0.186. The van der Waals surface area contributed by atoms with Gasteiger partial charge in [0.1, 0.15) is 16.7 Å². The number of unbranched alkanes of at least 4 members (excludes halogenated alkanes) is 1. The molecule has 0 fully saturated rings. The van der Waals surface area contributed by atoms with E-state index in [1.807, 2.05) is 24.3 Å². The van der Waals surface area contributed by atoms with Crippen molar-refractivity contribution in [1.82, 2.24) is 19.9 Å². The summed E-state index contributed by atoms with van der Waals surface area (Å²) in [5.41, 5.74) is 1.11. The largest absolute Gasteiger partial charge is 0.490 e. The second-order valence-corrected chi connectivity index (χ2v) is 7.75. The zero-order valence-corrected chi connectivity index (χ0v) is 18.6. The number of rotatable bonds is 10. The number of halogens is 1. The Balaban J connectivity index is 1.75. The van der Waals surface area contributed by atoms with E-state index in [-0.39, 0.29) is 16.8 Å². The molecule has 0 bridgehead atoms. The fraction of sp³-hybridized carbons (Fsp3) is 0.435. The zero-order valence-electron chi connectivity index (χ0n) is 17.8. The molecule has 1 N–H and O–H groups in total. The number of pyridine rings is 1. The summed E-state index contributed by atoms with van der Waals surface area (Å²) in [5.74, 6) is 1.39. The molecule has 6 nitrogen and oxygen atoms in total. The lowest BCUT2D eigenvalue weighted by Gasteiger charge is -2.18. The molecule has 1 unspecified atom stereocenters. The van der Waals surface area contributed by atoms with E-state index in [2.05, 4.69) is 29.1 Å². The summed E-state index contributed by atoms with van der Waals surface area (Å²) in [6.07, 6.45) is 5.99. The molecule has 1 atom stereocenters. The van der Waals surface area contributed by atoms with Crippen LogP contribution in [0.3, 0.4) is 0 Å². The second kappa shape index (κ2) is 10.5. The van der Waals surface area contributed by atoms with Crippen molar-refractivity contribution in [2.24, 2.45) is 0 Å². The summed E-state index contributed by atoms with van der Waals surface area (Å²) < 4.78 is 7.72. The number of hydrogen-bond donors (Lipinski definition) is 1. The predicted molar refractivity (Wildman–Crippen MR) is 122 cm³/mol. The van der Waals surface area contributed by atoms with Gasteiger partial charge in [-0.2, -0.15) is 0 Å². The van der Waals surface area contributed by atoms with Crippen LogP contribution in [-0.4, -0.2) is 33.7 Å². The van der Waals surface area contributed by atoms with Crippen molar-refractivity contribution in [3.63, 3.8) is 0 Å². The predicted octanol–water partition coefficient (Wildman–Crippen LogP) is 4.68. The number of ether oxygens (including phenoxy) is 1. The zero-order chi connectivity index (χ0) is 21.5. The van der Waals surface area contributed by atoms with Crippen molar-refractivity contribution in [2.45, 2.75) is 52.6 Å². The van der Waals surface area contributed by atoms with Gasteiger partial charge in [-0.25, -0.2) is 9.97 Å². The summed E-state index contributed by atoms with van der Waals surface area (Å²) in [4.78, 5) is 21.5. The van der Waals surface area contributed by atoms with E-state index < -0.39 is 0 Å². The number of aromatic nitrogens is 3. The average Bonchev–Trinajstić information content (AvgIpc) is 2.74. The maximum Gasteiger partial charge on any atom is 0.266 e. The van der Waals surface area contributed by atoms with Gasteiger partial charge in [-0.3, -0.25) is 9.36 Å². The fourth-order valence-corrected chi connectivity index (χ4v) is 3.54. The van der Waals surface area contributed by atoms with Crippen LogP contribution in [-0.2, 0) is 0 Å². The van der Waals surface area contributed by atoms with Crippen LogP contribution in [0.15, 0.2) is 41.3 Å². The molecular weight excluding hydrogens is 400 g/mol. The highest BCUT2D eigenvalue weighted by molar-refractivity contribution is 6.30. The molecule has 0 amide bonds. The van der Waals surface area contributed by atoms with Gasteiger partial charge in [-0.15, -0.1) is 0 Å². The van der Waals surface area contributed by atoms with Crippen molar-refractivity contribution in [3.05, 3.63) is 57.9 Å². The monoisotopic (exact) mass is 428 g/mol. The van der Waals surface area contributed by atoms with Gasteiger partial charge in [0.05, 0.1) is 28.9 Å². The summed E-state index contributed by atoms with van der Waals surface area (Å²) in [6, 6.07) is 9.12. The van der Waals surface area contributed by atoms with E-state index in [0.29, 0.717) is 16.7 Å². The van der Waals surface area contributed by atoms with E-state index in [1.54, 1.807) is 17.6 Å². The Hall–Kier alpha value is -2.44. The molecule has 30 heavy (non-hydrogen) atoms. The Labute approximate surface area is 182 Å². The van der Waals surface area contributed by atoms with E-state index in [9.17, 15) is 4.79 Å². The molecule has 3 aromatic rings. The van der Waals surface area contributed by atoms with Gasteiger partial charge in [-0.1, -0.05) is 31.9 Å². The average molecular weight is 429 g/mol. The molecule has 0 aliphatic rings. The summed E-state index contributed by atoms with van der Waals surface area (Å²) in [7, 11) is 0. The van der Waals surface area contributed by atoms with Crippen LogP contribution in [0, 0.1) is 6.92 Å². The number of nitrogens with zero attached hydrogens (tertiary/aromatic N) is 3. The first kappa shape index (κ1) is 22.2. The first-order valence-corrected chi connectivity index (χ1v) is 10.9. The molecule has 1 aromatic carbocycles. The van der Waals surface area contributed by atoms with Gasteiger partial charge in [0.2, 0.25) is 0 Å². The van der Waals surface area contributed by atoms with E-state index in [1.165, 1.54) is 19.0 Å². The first-order chi connectivity index (χ1) is 14.5. The van der Waals surface area contributed by atoms with Crippen LogP contribution in [0.1, 0.15) is 45.4 Å². The lowest BCUT2D eigenvalue weighted by Crippen LogP contribution is -2.24. The number of aryl methyl sites for hydroxylation is 1. The molecule has 2 aromatic heterocycles. The maximum absolute atomic E-state index is 13.0. The maximum atomic E-state index is 13.0. The Kier molecular flexibility index (Phi) is 7.82. The van der Waals surface area contributed by atoms with Gasteiger partial charge in [0.25, 0.3) is 5.56 Å². The molecule has 3 rings (SSSR count). The van der Waals surface area contributed by atoms with Crippen LogP contribution in [0.4, 0.5) is 0 Å². The smallest absolute Gasteiger partial charge is 0.266 e. The highest BCUT2D eigenvalue weighted by Crippen LogP contribution is 2.20. The summed E-state index contributed by atoms with van der Waals surface area (Å²) in [6.45, 7) is 8.13. The standard InChI is InChI=1S/C23H29ClN4O2/c1-4-6-12-25-13-11-18(5-2)30-19-9-7-17(8-10-19)28-16(3)27-21-15-26-22(24)14-20(21)23(28)29/h7-10,14-15,18,25H,4-6,11-13H2,1-3H3. The Morgan fingerprint density at radius 3 is 2.67 bits per heavy atom. The van der Waals surface area contributed by atoms with Gasteiger partial charge in [-0.05, 0) is 69.6 Å². The summed E-state index contributed by atoms with van der Waals surface area (Å²) >= 11 is 5.96. The molecule has 160 valence electrons. The number of fused-ring (bicyclic) bond motifs is 1. The SMILES string of the molecule is CCCCNCCC(CC)Oc1ccc(-n2c(C)nc3cnc(Cl)cc3c2=O)cc1. The van der Waals surface area contributed by atoms with Gasteiger partial charge in [0, 0.05) is 0 Å². The van der Waals surface area contributed by atoms with E-state index in [0.717, 1.165) is 37.4 Å². The number of benzene rings is 1. The normalized spacial score (nSPS) is 12.3. The van der Waals surface area contributed by atoms with Crippen molar-refractivity contribution in [2.75, 3.05) is 13.1 Å². The first-order valence-electron chi connectivity index (χ1n) is 10.6. The quantitative estimate of drug-likeness (QED) is 0.375. The third kappa shape index (κ3) is 5.37. The van der Waals surface area contributed by atoms with Crippen LogP contribution in [0.25, 0.3) is 16.6 Å². The Morgan fingerprint density at radius 1 is 1.20 bits per heavy atom. The lowest BCUT2D eigenvalue weighted by atomic mass is 10.2. The molecule has 2 heterocycles. The van der Waals surface area contributed by atoms with Crippen molar-refractivity contribution >= 4 is 22.5 Å². The van der Waals surface area contributed by atoms with E-state index in [4.69, 9.17) is 16.3 Å². The molecular formula is C23H29ClN4O2. The second-order valence-electron chi connectivity index (χ2n) is 7.36. The number of nitrogens with one attached hydrogen (secondary N) is 1. The van der Waals surface area contributed by atoms with Crippen LogP contribution >= 0.6 is 11.6 Å². The highest BCUT2D eigenvalue weighted by atomic mass is 35.5.